The molecule has 0 aromatic heterocycles. The Kier molecular flexibility index (Phi) is 4.07. The first-order valence-corrected chi connectivity index (χ1v) is 5.71. The molecular weight excluding hydrogens is 248 g/mol. The second kappa shape index (κ2) is 5.95. The lowest BCUT2D eigenvalue weighted by atomic mass is 10.2. The van der Waals surface area contributed by atoms with Crippen molar-refractivity contribution in [2.24, 2.45) is 10.7 Å². The Labute approximate surface area is 109 Å². The molecule has 0 atom stereocenters. The van der Waals surface area contributed by atoms with Gasteiger partial charge in [0.2, 0.25) is 0 Å². The van der Waals surface area contributed by atoms with E-state index in [0.717, 1.165) is 17.8 Å². The van der Waals surface area contributed by atoms with Crippen molar-refractivity contribution in [1.29, 1.82) is 0 Å². The number of rotatable bonds is 3. The molecule has 5 heteroatoms. The molecule has 0 amide bonds. The molecule has 19 heavy (non-hydrogen) atoms. The first-order valence-electron chi connectivity index (χ1n) is 5.71. The van der Waals surface area contributed by atoms with Crippen LogP contribution in [0, 0.1) is 11.6 Å². The van der Waals surface area contributed by atoms with E-state index in [0.29, 0.717) is 5.56 Å². The molecule has 0 unspecified atom stereocenters. The van der Waals surface area contributed by atoms with Crippen LogP contribution >= 0.6 is 0 Å². The van der Waals surface area contributed by atoms with Gasteiger partial charge in [-0.05, 0) is 29.8 Å². The Morgan fingerprint density at radius 1 is 1.05 bits per heavy atom. The van der Waals surface area contributed by atoms with Crippen molar-refractivity contribution in [3.05, 3.63) is 65.7 Å². The minimum Gasteiger partial charge on any atom is -0.370 e. The van der Waals surface area contributed by atoms with Gasteiger partial charge in [0.25, 0.3) is 0 Å². The van der Waals surface area contributed by atoms with Crippen molar-refractivity contribution in [2.75, 3.05) is 5.32 Å². The average Bonchev–Trinajstić information content (AvgIpc) is 2.41. The standard InChI is InChI=1S/C14H13F2N3/c15-12-7-6-10(8-13(12)16)9-18-14(17)19-11-4-2-1-3-5-11/h1-8H,9H2,(H3,17,18,19). The first kappa shape index (κ1) is 13.0. The maximum atomic E-state index is 13.0. The molecule has 0 fully saturated rings. The molecule has 3 nitrogen and oxygen atoms in total. The molecule has 0 heterocycles. The first-order chi connectivity index (χ1) is 9.15. The molecule has 2 rings (SSSR count). The van der Waals surface area contributed by atoms with Crippen molar-refractivity contribution >= 4 is 11.6 Å². The largest absolute Gasteiger partial charge is 0.370 e. The number of nitrogens with one attached hydrogen (secondary N) is 1. The molecule has 0 saturated heterocycles. The zero-order chi connectivity index (χ0) is 13.7. The highest BCUT2D eigenvalue weighted by atomic mass is 19.2. The Morgan fingerprint density at radius 3 is 2.47 bits per heavy atom. The van der Waals surface area contributed by atoms with Crippen molar-refractivity contribution in [3.8, 4) is 0 Å². The van der Waals surface area contributed by atoms with Crippen LogP contribution in [0.15, 0.2) is 53.5 Å². The van der Waals surface area contributed by atoms with E-state index in [1.54, 1.807) is 0 Å². The topological polar surface area (TPSA) is 50.4 Å². The minimum atomic E-state index is -0.887. The summed E-state index contributed by atoms with van der Waals surface area (Å²) in [6.45, 7) is 0.183. The summed E-state index contributed by atoms with van der Waals surface area (Å²) in [7, 11) is 0. The van der Waals surface area contributed by atoms with Crippen LogP contribution in [-0.4, -0.2) is 5.96 Å². The highest BCUT2D eigenvalue weighted by Crippen LogP contribution is 2.10. The summed E-state index contributed by atoms with van der Waals surface area (Å²) in [6.07, 6.45) is 0. The van der Waals surface area contributed by atoms with Gasteiger partial charge in [-0.3, -0.25) is 0 Å². The fourth-order valence-corrected chi connectivity index (χ4v) is 1.52. The normalized spacial score (nSPS) is 11.4. The van der Waals surface area contributed by atoms with Crippen LogP contribution in [0.4, 0.5) is 14.5 Å². The van der Waals surface area contributed by atoms with E-state index in [2.05, 4.69) is 10.3 Å². The second-order valence-corrected chi connectivity index (χ2v) is 3.94. The number of benzene rings is 2. The quantitative estimate of drug-likeness (QED) is 0.659. The van der Waals surface area contributed by atoms with E-state index >= 15 is 0 Å². The summed E-state index contributed by atoms with van der Waals surface area (Å²) < 4.78 is 25.7. The third-order valence-electron chi connectivity index (χ3n) is 2.46. The van der Waals surface area contributed by atoms with Crippen molar-refractivity contribution in [2.45, 2.75) is 6.54 Å². The van der Waals surface area contributed by atoms with Crippen LogP contribution in [0.3, 0.4) is 0 Å². The van der Waals surface area contributed by atoms with E-state index in [4.69, 9.17) is 5.73 Å². The zero-order valence-corrected chi connectivity index (χ0v) is 10.1. The summed E-state index contributed by atoms with van der Waals surface area (Å²) in [5.41, 5.74) is 7.06. The maximum Gasteiger partial charge on any atom is 0.193 e. The lowest BCUT2D eigenvalue weighted by Gasteiger charge is -2.05. The lowest BCUT2D eigenvalue weighted by molar-refractivity contribution is 0.507. The van der Waals surface area contributed by atoms with Gasteiger partial charge in [0.05, 0.1) is 6.54 Å². The van der Waals surface area contributed by atoms with Gasteiger partial charge in [0.15, 0.2) is 17.6 Å². The summed E-state index contributed by atoms with van der Waals surface area (Å²) in [5.74, 6) is -1.54. The van der Waals surface area contributed by atoms with Gasteiger partial charge in [0, 0.05) is 5.69 Å². The predicted octanol–water partition coefficient (Wildman–Crippen LogP) is 2.89. The second-order valence-electron chi connectivity index (χ2n) is 3.94. The van der Waals surface area contributed by atoms with Gasteiger partial charge in [-0.25, -0.2) is 13.8 Å². The summed E-state index contributed by atoms with van der Waals surface area (Å²) in [6, 6.07) is 13.0. The van der Waals surface area contributed by atoms with E-state index in [9.17, 15) is 8.78 Å². The molecule has 3 N–H and O–H groups in total. The van der Waals surface area contributed by atoms with Crippen LogP contribution in [0.5, 0.6) is 0 Å². The highest BCUT2D eigenvalue weighted by molar-refractivity contribution is 5.92. The Bertz CT molecular complexity index is 582. The van der Waals surface area contributed by atoms with Crippen molar-refractivity contribution in [1.82, 2.24) is 0 Å². The maximum absolute atomic E-state index is 13.0. The molecule has 0 bridgehead atoms. The number of guanidine groups is 1. The molecule has 0 aliphatic rings. The molecule has 0 saturated carbocycles. The van der Waals surface area contributed by atoms with Gasteiger partial charge in [-0.2, -0.15) is 0 Å². The van der Waals surface area contributed by atoms with Crippen LogP contribution in [0.25, 0.3) is 0 Å². The van der Waals surface area contributed by atoms with E-state index in [1.807, 2.05) is 30.3 Å². The van der Waals surface area contributed by atoms with E-state index < -0.39 is 11.6 Å². The average molecular weight is 261 g/mol. The number of anilines is 1. The monoisotopic (exact) mass is 261 g/mol. The Balaban J connectivity index is 1.99. The number of halogens is 2. The molecule has 0 aliphatic carbocycles. The molecule has 2 aromatic rings. The van der Waals surface area contributed by atoms with E-state index in [1.165, 1.54) is 6.07 Å². The summed E-state index contributed by atoms with van der Waals surface area (Å²) >= 11 is 0. The SMILES string of the molecule is NC(=NCc1ccc(F)c(F)c1)Nc1ccccc1. The number of nitrogens with two attached hydrogens (primary N) is 1. The zero-order valence-electron chi connectivity index (χ0n) is 10.1. The van der Waals surface area contributed by atoms with Gasteiger partial charge in [0.1, 0.15) is 0 Å². The molecule has 98 valence electrons. The Hall–Kier alpha value is -2.43. The minimum absolute atomic E-state index is 0.183. The highest BCUT2D eigenvalue weighted by Gasteiger charge is 2.02. The van der Waals surface area contributed by atoms with Gasteiger partial charge < -0.3 is 11.1 Å². The number of hydrogen-bond acceptors (Lipinski definition) is 1. The van der Waals surface area contributed by atoms with Gasteiger partial charge in [-0.1, -0.05) is 24.3 Å². The predicted molar refractivity (Wildman–Crippen MR) is 71.7 cm³/mol. The Morgan fingerprint density at radius 2 is 1.79 bits per heavy atom. The number of nitrogens with zero attached hydrogens (tertiary/aromatic N) is 1. The smallest absolute Gasteiger partial charge is 0.193 e. The number of hydrogen-bond donors (Lipinski definition) is 2. The lowest BCUT2D eigenvalue weighted by Crippen LogP contribution is -2.22. The van der Waals surface area contributed by atoms with Crippen LogP contribution < -0.4 is 11.1 Å². The molecule has 2 aromatic carbocycles. The molecule has 0 spiro atoms. The van der Waals surface area contributed by atoms with Gasteiger partial charge in [-0.15, -0.1) is 0 Å². The molecule has 0 aliphatic heterocycles. The van der Waals surface area contributed by atoms with Crippen molar-refractivity contribution in [3.63, 3.8) is 0 Å². The summed E-state index contributed by atoms with van der Waals surface area (Å²) in [4.78, 5) is 4.05. The number of para-hydroxylation sites is 1. The van der Waals surface area contributed by atoms with Crippen molar-refractivity contribution < 1.29 is 8.78 Å². The van der Waals surface area contributed by atoms with Gasteiger partial charge >= 0.3 is 0 Å². The van der Waals surface area contributed by atoms with Crippen LogP contribution in [0.1, 0.15) is 5.56 Å². The fourth-order valence-electron chi connectivity index (χ4n) is 1.52. The molecular formula is C14H13F2N3. The van der Waals surface area contributed by atoms with Crippen LogP contribution in [0.2, 0.25) is 0 Å². The third kappa shape index (κ3) is 3.77. The number of aliphatic imine (C=N–C) groups is 1. The molecule has 0 radical (unpaired) electrons. The van der Waals surface area contributed by atoms with Crippen LogP contribution in [-0.2, 0) is 6.54 Å². The van der Waals surface area contributed by atoms with E-state index in [-0.39, 0.29) is 12.5 Å². The third-order valence-corrected chi connectivity index (χ3v) is 2.46. The fraction of sp³-hybridized carbons (Fsp3) is 0.0714. The summed E-state index contributed by atoms with van der Waals surface area (Å²) in [5, 5.41) is 2.90.